The second kappa shape index (κ2) is 8.54. The van der Waals surface area contributed by atoms with Gasteiger partial charge >= 0.3 is 0 Å². The highest BCUT2D eigenvalue weighted by Crippen LogP contribution is 2.39. The number of carbonyl (C=O) groups is 1. The summed E-state index contributed by atoms with van der Waals surface area (Å²) >= 11 is 0. The number of anilines is 1. The Bertz CT molecular complexity index is 1340. The molecule has 1 aliphatic heterocycles. The average Bonchev–Trinajstić information content (AvgIpc) is 3.48. The minimum atomic E-state index is -0.280. The van der Waals surface area contributed by atoms with E-state index in [9.17, 15) is 4.79 Å². The number of methoxy groups -OCH3 is 2. The number of hydrogen-bond donors (Lipinski definition) is 1. The highest BCUT2D eigenvalue weighted by molar-refractivity contribution is 5.92. The van der Waals surface area contributed by atoms with Gasteiger partial charge < -0.3 is 29.0 Å². The van der Waals surface area contributed by atoms with E-state index in [4.69, 9.17) is 23.7 Å². The number of nitrogens with zero attached hydrogens (tertiary/aromatic N) is 4. The third kappa shape index (κ3) is 4.03. The van der Waals surface area contributed by atoms with Gasteiger partial charge in [0, 0.05) is 6.07 Å². The van der Waals surface area contributed by atoms with E-state index in [2.05, 4.69) is 20.4 Å². The Morgan fingerprint density at radius 1 is 1.15 bits per heavy atom. The number of para-hydroxylation sites is 1. The maximum atomic E-state index is 12.5. The highest BCUT2D eigenvalue weighted by atomic mass is 16.7. The molecule has 1 amide bonds. The Kier molecular flexibility index (Phi) is 5.27. The summed E-state index contributed by atoms with van der Waals surface area (Å²) in [5, 5.41) is 7.64. The molecule has 33 heavy (non-hydrogen) atoms. The zero-order valence-corrected chi connectivity index (χ0v) is 17.8. The van der Waals surface area contributed by atoms with Crippen molar-refractivity contribution in [3.63, 3.8) is 0 Å². The van der Waals surface area contributed by atoms with E-state index in [1.165, 1.54) is 17.2 Å². The molecule has 11 nitrogen and oxygen atoms in total. The van der Waals surface area contributed by atoms with Crippen molar-refractivity contribution in [2.24, 2.45) is 0 Å². The van der Waals surface area contributed by atoms with Crippen LogP contribution in [0.4, 0.5) is 5.69 Å². The molecule has 1 aliphatic rings. The summed E-state index contributed by atoms with van der Waals surface area (Å²) in [7, 11) is 3.10. The predicted molar refractivity (Wildman–Crippen MR) is 116 cm³/mol. The van der Waals surface area contributed by atoms with Gasteiger partial charge in [0.15, 0.2) is 28.7 Å². The molecular formula is C22H19N5O6. The topological polar surface area (TPSA) is 119 Å². The number of hydrogen-bond acceptors (Lipinski definition) is 9. The number of fused-ring (bicyclic) bond motifs is 2. The summed E-state index contributed by atoms with van der Waals surface area (Å²) in [5.41, 5.74) is 1.17. The van der Waals surface area contributed by atoms with Crippen molar-refractivity contribution >= 4 is 22.5 Å². The molecule has 0 saturated carbocycles. The molecule has 2 aromatic carbocycles. The molecule has 0 atom stereocenters. The van der Waals surface area contributed by atoms with Crippen LogP contribution in [0.15, 0.2) is 49.1 Å². The van der Waals surface area contributed by atoms with Gasteiger partial charge in [-0.25, -0.2) is 9.97 Å². The number of nitrogens with one attached hydrogen (secondary N) is 1. The van der Waals surface area contributed by atoms with Gasteiger partial charge in [-0.3, -0.25) is 9.48 Å². The van der Waals surface area contributed by atoms with Crippen LogP contribution in [0.1, 0.15) is 0 Å². The zero-order valence-electron chi connectivity index (χ0n) is 17.8. The molecule has 0 bridgehead atoms. The van der Waals surface area contributed by atoms with Gasteiger partial charge in [-0.15, -0.1) is 0 Å². The first-order chi connectivity index (χ1) is 16.1. The first-order valence-electron chi connectivity index (χ1n) is 9.90. The van der Waals surface area contributed by atoms with Crippen LogP contribution >= 0.6 is 0 Å². The van der Waals surface area contributed by atoms with Gasteiger partial charge in [0.2, 0.25) is 18.6 Å². The summed E-state index contributed by atoms with van der Waals surface area (Å²) in [5.74, 6) is 2.63. The summed E-state index contributed by atoms with van der Waals surface area (Å²) in [4.78, 5) is 21.0. The van der Waals surface area contributed by atoms with Gasteiger partial charge in [-0.1, -0.05) is 6.07 Å². The van der Waals surface area contributed by atoms with Crippen molar-refractivity contribution in [2.45, 2.75) is 6.54 Å². The van der Waals surface area contributed by atoms with Crippen molar-refractivity contribution in [3.8, 4) is 34.6 Å². The molecule has 0 radical (unpaired) electrons. The third-order valence-corrected chi connectivity index (χ3v) is 4.90. The Hall–Kier alpha value is -4.54. The Morgan fingerprint density at radius 2 is 2.00 bits per heavy atom. The fraction of sp³-hybridized carbons (Fsp3) is 0.182. The highest BCUT2D eigenvalue weighted by Gasteiger charge is 2.19. The van der Waals surface area contributed by atoms with E-state index in [0.29, 0.717) is 51.2 Å². The fourth-order valence-corrected chi connectivity index (χ4v) is 3.40. The van der Waals surface area contributed by atoms with Gasteiger partial charge in [-0.2, -0.15) is 5.10 Å². The molecule has 0 unspecified atom stereocenters. The van der Waals surface area contributed by atoms with E-state index in [1.807, 2.05) is 0 Å². The molecule has 1 N–H and O–H groups in total. The minimum absolute atomic E-state index is 0.0244. The minimum Gasteiger partial charge on any atom is -0.493 e. The quantitative estimate of drug-likeness (QED) is 0.454. The molecule has 168 valence electrons. The lowest BCUT2D eigenvalue weighted by molar-refractivity contribution is -0.116. The molecule has 2 aromatic heterocycles. The fourth-order valence-electron chi connectivity index (χ4n) is 3.40. The van der Waals surface area contributed by atoms with Crippen LogP contribution in [0.3, 0.4) is 0 Å². The van der Waals surface area contributed by atoms with Crippen LogP contribution in [0.2, 0.25) is 0 Å². The summed E-state index contributed by atoms with van der Waals surface area (Å²) in [6.45, 7) is 0.0991. The van der Waals surface area contributed by atoms with Crippen LogP contribution in [0.25, 0.3) is 10.9 Å². The lowest BCUT2D eigenvalue weighted by Gasteiger charge is -2.10. The standard InChI is InChI=1S/C22H19N5O6/c1-29-18-6-14-16(7-19(18)30-2)23-11-24-22(14)33-13-8-25-27(9-13)10-20(28)26-15-4-3-5-17-21(15)32-12-31-17/h3-9,11H,10,12H2,1-2H3,(H,26,28). The van der Waals surface area contributed by atoms with E-state index in [1.54, 1.807) is 50.7 Å². The van der Waals surface area contributed by atoms with Crippen molar-refractivity contribution in [1.29, 1.82) is 0 Å². The predicted octanol–water partition coefficient (Wildman–Crippen LogP) is 3.00. The van der Waals surface area contributed by atoms with Gasteiger partial charge in [-0.05, 0) is 18.2 Å². The monoisotopic (exact) mass is 449 g/mol. The van der Waals surface area contributed by atoms with Crippen molar-refractivity contribution in [1.82, 2.24) is 19.7 Å². The summed E-state index contributed by atoms with van der Waals surface area (Å²) in [6.07, 6.45) is 4.49. The van der Waals surface area contributed by atoms with Crippen molar-refractivity contribution < 1.29 is 28.5 Å². The summed E-state index contributed by atoms with van der Waals surface area (Å²) < 4.78 is 28.8. The zero-order chi connectivity index (χ0) is 22.8. The third-order valence-electron chi connectivity index (χ3n) is 4.90. The molecule has 5 rings (SSSR count). The van der Waals surface area contributed by atoms with E-state index in [0.717, 1.165) is 0 Å². The van der Waals surface area contributed by atoms with E-state index >= 15 is 0 Å². The molecule has 4 aromatic rings. The maximum Gasteiger partial charge on any atom is 0.246 e. The number of aromatic nitrogens is 4. The van der Waals surface area contributed by atoms with Crippen molar-refractivity contribution in [3.05, 3.63) is 49.1 Å². The largest absolute Gasteiger partial charge is 0.493 e. The lowest BCUT2D eigenvalue weighted by Crippen LogP contribution is -2.19. The van der Waals surface area contributed by atoms with Crippen LogP contribution in [0, 0.1) is 0 Å². The van der Waals surface area contributed by atoms with Crippen LogP contribution in [-0.2, 0) is 11.3 Å². The Labute approximate surface area is 187 Å². The molecule has 3 heterocycles. The van der Waals surface area contributed by atoms with Crippen LogP contribution in [-0.4, -0.2) is 46.7 Å². The number of carbonyl (C=O) groups excluding carboxylic acids is 1. The number of amides is 1. The molecular weight excluding hydrogens is 430 g/mol. The lowest BCUT2D eigenvalue weighted by atomic mass is 10.2. The van der Waals surface area contributed by atoms with Crippen LogP contribution in [0.5, 0.6) is 34.6 Å². The SMILES string of the molecule is COc1cc2ncnc(Oc3cnn(CC(=O)Nc4cccc5c4OCO5)c3)c2cc1OC. The Balaban J connectivity index is 1.31. The molecule has 0 spiro atoms. The first-order valence-corrected chi connectivity index (χ1v) is 9.90. The molecule has 0 aliphatic carbocycles. The number of benzene rings is 2. The van der Waals surface area contributed by atoms with Gasteiger partial charge in [0.25, 0.3) is 0 Å². The summed E-state index contributed by atoms with van der Waals surface area (Å²) in [6, 6.07) is 8.78. The van der Waals surface area contributed by atoms with E-state index in [-0.39, 0.29) is 19.2 Å². The molecule has 0 fully saturated rings. The molecule has 11 heteroatoms. The maximum absolute atomic E-state index is 12.5. The second-order valence-corrected chi connectivity index (χ2v) is 6.97. The smallest absolute Gasteiger partial charge is 0.246 e. The number of ether oxygens (including phenoxy) is 5. The average molecular weight is 449 g/mol. The number of rotatable bonds is 7. The van der Waals surface area contributed by atoms with Gasteiger partial charge in [0.05, 0.1) is 43.2 Å². The Morgan fingerprint density at radius 3 is 2.85 bits per heavy atom. The van der Waals surface area contributed by atoms with E-state index < -0.39 is 0 Å². The van der Waals surface area contributed by atoms with Gasteiger partial charge in [0.1, 0.15) is 12.9 Å². The van der Waals surface area contributed by atoms with Crippen molar-refractivity contribution in [2.75, 3.05) is 26.3 Å². The first kappa shape index (κ1) is 20.4. The second-order valence-electron chi connectivity index (χ2n) is 6.97. The normalized spacial score (nSPS) is 11.9. The molecule has 0 saturated heterocycles. The van der Waals surface area contributed by atoms with Crippen LogP contribution < -0.4 is 29.0 Å².